The molecule has 2 heterocycles. The van der Waals surface area contributed by atoms with E-state index in [0.717, 1.165) is 0 Å². The normalized spacial score (nSPS) is 9.80. The molecule has 0 aromatic carbocycles. The number of esters is 1. The van der Waals surface area contributed by atoms with Crippen molar-refractivity contribution in [2.45, 2.75) is 102 Å². The SMILES string of the molecule is C.C.C.CCP(CC)CC.CCP(CC)CC.COC(=O)[C@@H](CO)NC(=O)CCc1[c-]nn[nH]1.O.O=C(CCc1[c-]nn[nH]1)N[C@H](CO)C(=O)O.[Au+].[Au+].[Li+].[OH-]. The van der Waals surface area contributed by atoms with Crippen molar-refractivity contribution in [3.8, 4) is 0 Å². The molecular weight excluding hydrogens is 1120 g/mol. The number of carboxylic acids is 1. The van der Waals surface area contributed by atoms with Crippen molar-refractivity contribution in [1.29, 1.82) is 0 Å². The van der Waals surface area contributed by atoms with Gasteiger partial charge in [-0.3, -0.25) is 9.59 Å². The Hall–Kier alpha value is -1.06. The molecule has 2 aromatic rings. The van der Waals surface area contributed by atoms with Gasteiger partial charge in [0.1, 0.15) is 6.04 Å². The van der Waals surface area contributed by atoms with Crippen molar-refractivity contribution >= 4 is 39.6 Å². The Morgan fingerprint density at radius 2 is 1.02 bits per heavy atom. The van der Waals surface area contributed by atoms with E-state index in [-0.39, 0.29) is 116 Å². The predicted octanol–water partition coefficient (Wildman–Crippen LogP) is -0.751. The molecule has 2 amide bonds. The Kier molecular flexibility index (Phi) is 75.4. The molecule has 0 saturated heterocycles. The number of carbonyl (C=O) groups excluding carboxylic acids is 3. The predicted molar refractivity (Wildman–Crippen MR) is 208 cm³/mol. The molecule has 23 heteroatoms. The molecule has 0 aliphatic heterocycles. The second-order valence-electron chi connectivity index (χ2n) is 9.51. The van der Waals surface area contributed by atoms with Crippen molar-refractivity contribution in [2.24, 2.45) is 0 Å². The van der Waals surface area contributed by atoms with Crippen LogP contribution in [0.2, 0.25) is 0 Å². The van der Waals surface area contributed by atoms with Crippen molar-refractivity contribution in [3.05, 3.63) is 23.8 Å². The van der Waals surface area contributed by atoms with Crippen LogP contribution in [0.25, 0.3) is 0 Å². The van der Waals surface area contributed by atoms with Crippen LogP contribution in [0, 0.1) is 12.4 Å². The summed E-state index contributed by atoms with van der Waals surface area (Å²) in [6.45, 7) is 12.6. The van der Waals surface area contributed by atoms with Gasteiger partial charge in [0, 0.05) is 12.8 Å². The van der Waals surface area contributed by atoms with Gasteiger partial charge in [0.05, 0.1) is 20.3 Å². The van der Waals surface area contributed by atoms with Gasteiger partial charge in [-0.15, -0.1) is 37.7 Å². The van der Waals surface area contributed by atoms with Gasteiger partial charge in [0.2, 0.25) is 11.8 Å². The van der Waals surface area contributed by atoms with Gasteiger partial charge in [0.15, 0.2) is 6.04 Å². The molecule has 0 radical (unpaired) electrons. The molecular formula is C32H69Au2LiN8O10P2. The van der Waals surface area contributed by atoms with Crippen molar-refractivity contribution < 1.29 is 114 Å². The van der Waals surface area contributed by atoms with E-state index in [2.05, 4.69) is 100 Å². The Bertz CT molecular complexity index is 1060. The fourth-order valence-electron chi connectivity index (χ4n) is 3.47. The number of carboxylic acid groups (broad SMARTS) is 1. The first-order valence-electron chi connectivity index (χ1n) is 15.6. The molecule has 2 atom stereocenters. The molecule has 2 rings (SSSR count). The summed E-state index contributed by atoms with van der Waals surface area (Å²) in [5.41, 5.74) is 1.16. The van der Waals surface area contributed by atoms with Crippen molar-refractivity contribution in [3.63, 3.8) is 0 Å². The quantitative estimate of drug-likeness (QED) is 0.0419. The van der Waals surface area contributed by atoms with Crippen LogP contribution >= 0.6 is 15.8 Å². The minimum absolute atomic E-state index is 0. The fourth-order valence-corrected chi connectivity index (χ4v) is 6.16. The molecule has 0 spiro atoms. The van der Waals surface area contributed by atoms with Crippen LogP contribution < -0.4 is 29.5 Å². The summed E-state index contributed by atoms with van der Waals surface area (Å²) in [5, 5.41) is 49.4. The number of aromatic nitrogens is 6. The molecule has 0 bridgehead atoms. The summed E-state index contributed by atoms with van der Waals surface area (Å²) < 4.78 is 4.41. The Morgan fingerprint density at radius 3 is 1.22 bits per heavy atom. The van der Waals surface area contributed by atoms with E-state index >= 15 is 0 Å². The second-order valence-corrected chi connectivity index (χ2v) is 16.0. The van der Waals surface area contributed by atoms with E-state index < -0.39 is 43.1 Å². The van der Waals surface area contributed by atoms with E-state index in [1.54, 1.807) is 0 Å². The topological polar surface area (TPSA) is 307 Å². The number of hydrogen-bond donors (Lipinski definition) is 7. The number of ether oxygens (including phenoxy) is 1. The number of hydrogen-bond acceptors (Lipinski definition) is 12. The van der Waals surface area contributed by atoms with Gasteiger partial charge in [-0.05, 0) is 49.8 Å². The van der Waals surface area contributed by atoms with Crippen LogP contribution in [0.5, 0.6) is 0 Å². The Balaban J connectivity index is -0.0000000623. The van der Waals surface area contributed by atoms with Gasteiger partial charge in [0.25, 0.3) is 0 Å². The molecule has 10 N–H and O–H groups in total. The van der Waals surface area contributed by atoms with E-state index in [1.165, 1.54) is 44.1 Å². The zero-order chi connectivity index (χ0) is 36.0. The molecule has 0 fully saturated rings. The summed E-state index contributed by atoms with van der Waals surface area (Å²) in [4.78, 5) is 44.3. The number of aromatic amines is 2. The molecule has 55 heavy (non-hydrogen) atoms. The molecule has 330 valence electrons. The summed E-state index contributed by atoms with van der Waals surface area (Å²) in [6, 6.07) is -2.30. The number of aliphatic hydroxyl groups is 2. The minimum atomic E-state index is -1.27. The number of nitrogens with zero attached hydrogens (tertiary/aromatic N) is 4. The van der Waals surface area contributed by atoms with Crippen LogP contribution in [0.1, 0.15) is 88.1 Å². The summed E-state index contributed by atoms with van der Waals surface area (Å²) in [6.07, 6.45) is 14.5. The van der Waals surface area contributed by atoms with Crippen LogP contribution in [-0.4, -0.2) is 150 Å². The van der Waals surface area contributed by atoms with E-state index in [0.29, 0.717) is 40.1 Å². The number of aliphatic carboxylic acids is 1. The van der Waals surface area contributed by atoms with Gasteiger partial charge >= 0.3 is 75.6 Å². The monoisotopic (exact) mass is 1190 g/mol. The third kappa shape index (κ3) is 42.4. The second kappa shape index (κ2) is 52.9. The zero-order valence-electron chi connectivity index (χ0n) is 31.3. The number of rotatable bonds is 18. The third-order valence-corrected chi connectivity index (χ3v) is 11.9. The van der Waals surface area contributed by atoms with Crippen LogP contribution in [0.15, 0.2) is 0 Å². The number of H-pyrrole nitrogens is 2. The van der Waals surface area contributed by atoms with Crippen LogP contribution in [0.4, 0.5) is 0 Å². The van der Waals surface area contributed by atoms with Gasteiger partial charge in [-0.25, -0.2) is 9.59 Å². The summed E-state index contributed by atoms with van der Waals surface area (Å²) >= 11 is 0. The number of methoxy groups -OCH3 is 1. The van der Waals surface area contributed by atoms with E-state index in [4.69, 9.17) is 15.3 Å². The van der Waals surface area contributed by atoms with Gasteiger partial charge in [-0.2, -0.15) is 0 Å². The molecule has 18 nitrogen and oxygen atoms in total. The van der Waals surface area contributed by atoms with Gasteiger partial charge in [-0.1, -0.05) is 63.8 Å². The first-order chi connectivity index (χ1) is 22.5. The molecule has 0 saturated carbocycles. The Labute approximate surface area is 375 Å². The standard InChI is InChI=1S/C9H13N4O4.C8H11N4O4.2C6H15P.3CH4.2Au.Li.2H2O/c1-17-9(16)7(5-14)11-8(15)3-2-6-4-10-13-12-6;13-4-6(8(15)16)10-7(14)2-1-5-3-9-12-11-5;2*1-4-7(5-2)6-3;;;;;;;;/h7,14H,2-3,5H2,1H3,(H,11,15)(H,10,12,13);6,13H,1-2,4H2,(H,10,14)(H,15,16)(H,9,11,12);2*4-6H2,1-3H3;3*1H4;;;;2*1H2/q2*-1;;;;;;3*+1;;/p-1/t7-;6-;;;;;;;;;;/m11........../s1. The van der Waals surface area contributed by atoms with Crippen LogP contribution in [0.3, 0.4) is 0 Å². The van der Waals surface area contributed by atoms with E-state index in [9.17, 15) is 19.2 Å². The van der Waals surface area contributed by atoms with Crippen LogP contribution in [-0.2, 0) is 81.5 Å². The number of nitrogens with one attached hydrogen (secondary N) is 4. The maximum absolute atomic E-state index is 11.4. The molecule has 0 unspecified atom stereocenters. The Morgan fingerprint density at radius 1 is 0.709 bits per heavy atom. The number of aliphatic hydroxyl groups excluding tert-OH is 2. The van der Waals surface area contributed by atoms with Crippen molar-refractivity contribution in [2.75, 3.05) is 57.3 Å². The van der Waals surface area contributed by atoms with Gasteiger partial charge < -0.3 is 74.4 Å². The average molecular weight is 1190 g/mol. The fraction of sp³-hybridized carbons (Fsp3) is 0.750. The average Bonchev–Trinajstić information content (AvgIpc) is 3.81. The number of aryl methyl sites for hydroxylation is 2. The molecule has 0 aliphatic carbocycles. The first kappa shape index (κ1) is 78.3. The largest absolute Gasteiger partial charge is 1.00 e. The van der Waals surface area contributed by atoms with Crippen molar-refractivity contribution in [1.82, 2.24) is 41.5 Å². The zero-order valence-corrected chi connectivity index (χ0v) is 37.4. The molecule has 0 aliphatic rings. The smallest absolute Gasteiger partial charge is 0.870 e. The first-order valence-corrected chi connectivity index (χ1v) is 19.4. The third-order valence-electron chi connectivity index (χ3n) is 6.55. The maximum atomic E-state index is 11.4. The summed E-state index contributed by atoms with van der Waals surface area (Å²) in [7, 11) is 2.07. The number of amides is 2. The summed E-state index contributed by atoms with van der Waals surface area (Å²) in [5.74, 6) is -2.80. The minimum Gasteiger partial charge on any atom is -0.870 e. The maximum Gasteiger partial charge on any atom is 1.00 e. The molecule has 2 aromatic heterocycles. The van der Waals surface area contributed by atoms with E-state index in [1.807, 2.05) is 0 Å². The number of carbonyl (C=O) groups is 4.